The second-order valence-electron chi connectivity index (χ2n) is 6.14. The van der Waals surface area contributed by atoms with Crippen molar-refractivity contribution in [2.75, 3.05) is 18.4 Å². The SMILES string of the molecule is Cc1ccc(NC(=S)N2CC[C@H](c3ccc(C)cc3)C2)cc1. The largest absolute Gasteiger partial charge is 0.348 e. The minimum Gasteiger partial charge on any atom is -0.348 e. The molecule has 1 aliphatic heterocycles. The Balaban J connectivity index is 1.61. The lowest BCUT2D eigenvalue weighted by molar-refractivity contribution is 0.518. The van der Waals surface area contributed by atoms with E-state index in [1.54, 1.807) is 0 Å². The summed E-state index contributed by atoms with van der Waals surface area (Å²) in [7, 11) is 0. The summed E-state index contributed by atoms with van der Waals surface area (Å²) in [5, 5.41) is 4.18. The van der Waals surface area contributed by atoms with Crippen LogP contribution in [0.5, 0.6) is 0 Å². The molecule has 0 amide bonds. The van der Waals surface area contributed by atoms with Crippen molar-refractivity contribution in [3.8, 4) is 0 Å². The van der Waals surface area contributed by atoms with Gasteiger partial charge in [0.1, 0.15) is 0 Å². The van der Waals surface area contributed by atoms with Crippen LogP contribution in [-0.2, 0) is 0 Å². The van der Waals surface area contributed by atoms with Gasteiger partial charge in [-0.3, -0.25) is 0 Å². The molecule has 0 aliphatic carbocycles. The Morgan fingerprint density at radius 2 is 1.59 bits per heavy atom. The molecule has 3 rings (SSSR count). The number of anilines is 1. The number of aryl methyl sites for hydroxylation is 2. The Morgan fingerprint density at radius 3 is 2.23 bits per heavy atom. The average molecular weight is 310 g/mol. The number of thiocarbonyl (C=S) groups is 1. The summed E-state index contributed by atoms with van der Waals surface area (Å²) in [6.07, 6.45) is 1.17. The third kappa shape index (κ3) is 3.47. The number of rotatable bonds is 2. The van der Waals surface area contributed by atoms with E-state index < -0.39 is 0 Å². The summed E-state index contributed by atoms with van der Waals surface area (Å²) in [6, 6.07) is 17.3. The zero-order valence-electron chi connectivity index (χ0n) is 13.2. The summed E-state index contributed by atoms with van der Waals surface area (Å²) in [5.41, 5.74) is 5.06. The van der Waals surface area contributed by atoms with Crippen molar-refractivity contribution >= 4 is 23.0 Å². The highest BCUT2D eigenvalue weighted by Crippen LogP contribution is 2.27. The fourth-order valence-electron chi connectivity index (χ4n) is 2.89. The Hall–Kier alpha value is -1.87. The molecule has 1 saturated heterocycles. The molecule has 0 bridgehead atoms. The van der Waals surface area contributed by atoms with Crippen LogP contribution in [-0.4, -0.2) is 23.1 Å². The molecule has 1 N–H and O–H groups in total. The molecule has 3 heteroatoms. The standard InChI is InChI=1S/C19H22N2S/c1-14-3-7-16(8-4-14)17-11-12-21(13-17)19(22)20-18-9-5-15(2)6-10-18/h3-10,17H,11-13H2,1-2H3,(H,20,22)/t17-/m0/s1. The van der Waals surface area contributed by atoms with E-state index in [4.69, 9.17) is 12.2 Å². The van der Waals surface area contributed by atoms with Gasteiger partial charge in [0.2, 0.25) is 0 Å². The van der Waals surface area contributed by atoms with E-state index in [2.05, 4.69) is 72.6 Å². The highest BCUT2D eigenvalue weighted by Gasteiger charge is 2.25. The molecule has 1 aliphatic rings. The first-order valence-electron chi connectivity index (χ1n) is 7.81. The Bertz CT molecular complexity index is 646. The molecule has 1 fully saturated rings. The molecule has 0 aromatic heterocycles. The molecule has 0 saturated carbocycles. The number of benzene rings is 2. The first kappa shape index (κ1) is 15.0. The second kappa shape index (κ2) is 6.49. The molecule has 2 aromatic carbocycles. The number of likely N-dealkylation sites (tertiary alicyclic amines) is 1. The highest BCUT2D eigenvalue weighted by atomic mass is 32.1. The van der Waals surface area contributed by atoms with Gasteiger partial charge in [-0.25, -0.2) is 0 Å². The lowest BCUT2D eigenvalue weighted by atomic mass is 9.98. The van der Waals surface area contributed by atoms with Crippen LogP contribution in [0.15, 0.2) is 48.5 Å². The van der Waals surface area contributed by atoms with Gasteiger partial charge in [-0.15, -0.1) is 0 Å². The molecule has 1 atom stereocenters. The average Bonchev–Trinajstić information content (AvgIpc) is 3.00. The van der Waals surface area contributed by atoms with Crippen molar-refractivity contribution in [3.63, 3.8) is 0 Å². The van der Waals surface area contributed by atoms with Crippen LogP contribution in [0.4, 0.5) is 5.69 Å². The monoisotopic (exact) mass is 310 g/mol. The summed E-state index contributed by atoms with van der Waals surface area (Å²) in [5.74, 6) is 0.582. The van der Waals surface area contributed by atoms with Gasteiger partial charge in [-0.1, -0.05) is 47.5 Å². The predicted molar refractivity (Wildman–Crippen MR) is 97.5 cm³/mol. The quantitative estimate of drug-likeness (QED) is 0.823. The van der Waals surface area contributed by atoms with Crippen molar-refractivity contribution in [1.82, 2.24) is 4.90 Å². The van der Waals surface area contributed by atoms with Gasteiger partial charge in [0.15, 0.2) is 5.11 Å². The number of nitrogens with zero attached hydrogens (tertiary/aromatic N) is 1. The van der Waals surface area contributed by atoms with Crippen LogP contribution in [0, 0.1) is 13.8 Å². The zero-order chi connectivity index (χ0) is 15.5. The van der Waals surface area contributed by atoms with Crippen molar-refractivity contribution in [3.05, 3.63) is 65.2 Å². The molecule has 114 valence electrons. The molecular weight excluding hydrogens is 288 g/mol. The fraction of sp³-hybridized carbons (Fsp3) is 0.316. The summed E-state index contributed by atoms with van der Waals surface area (Å²) < 4.78 is 0. The van der Waals surface area contributed by atoms with Crippen LogP contribution in [0.3, 0.4) is 0 Å². The molecule has 0 spiro atoms. The molecule has 1 heterocycles. The van der Waals surface area contributed by atoms with Crippen LogP contribution in [0.1, 0.15) is 29.0 Å². The zero-order valence-corrected chi connectivity index (χ0v) is 14.0. The fourth-order valence-corrected chi connectivity index (χ4v) is 3.18. The van der Waals surface area contributed by atoms with E-state index in [-0.39, 0.29) is 0 Å². The van der Waals surface area contributed by atoms with E-state index in [9.17, 15) is 0 Å². The van der Waals surface area contributed by atoms with Gasteiger partial charge in [0, 0.05) is 24.7 Å². The van der Waals surface area contributed by atoms with Crippen LogP contribution in [0.2, 0.25) is 0 Å². The van der Waals surface area contributed by atoms with Gasteiger partial charge < -0.3 is 10.2 Å². The van der Waals surface area contributed by atoms with Crippen LogP contribution >= 0.6 is 12.2 Å². The molecule has 2 nitrogen and oxygen atoms in total. The Morgan fingerprint density at radius 1 is 1.00 bits per heavy atom. The minimum atomic E-state index is 0.582. The second-order valence-corrected chi connectivity index (χ2v) is 6.53. The van der Waals surface area contributed by atoms with Gasteiger partial charge in [-0.2, -0.15) is 0 Å². The van der Waals surface area contributed by atoms with Gasteiger partial charge in [-0.05, 0) is 50.2 Å². The molecule has 0 radical (unpaired) electrons. The van der Waals surface area contributed by atoms with E-state index in [1.165, 1.54) is 23.1 Å². The molecule has 0 unspecified atom stereocenters. The predicted octanol–water partition coefficient (Wildman–Crippen LogP) is 4.49. The molecule has 2 aromatic rings. The van der Waals surface area contributed by atoms with E-state index >= 15 is 0 Å². The first-order valence-corrected chi connectivity index (χ1v) is 8.22. The number of hydrogen-bond acceptors (Lipinski definition) is 1. The van der Waals surface area contributed by atoms with E-state index in [0.717, 1.165) is 23.9 Å². The van der Waals surface area contributed by atoms with Crippen molar-refractivity contribution < 1.29 is 0 Å². The molecular formula is C19H22N2S. The normalized spacial score (nSPS) is 17.5. The first-order chi connectivity index (χ1) is 10.6. The van der Waals surface area contributed by atoms with Gasteiger partial charge >= 0.3 is 0 Å². The van der Waals surface area contributed by atoms with Crippen molar-refractivity contribution in [2.45, 2.75) is 26.2 Å². The third-order valence-corrected chi connectivity index (χ3v) is 4.69. The third-order valence-electron chi connectivity index (χ3n) is 4.33. The van der Waals surface area contributed by atoms with Gasteiger partial charge in [0.25, 0.3) is 0 Å². The summed E-state index contributed by atoms with van der Waals surface area (Å²) in [4.78, 5) is 2.28. The lowest BCUT2D eigenvalue weighted by Crippen LogP contribution is -2.32. The van der Waals surface area contributed by atoms with E-state index in [1.807, 2.05) is 0 Å². The maximum absolute atomic E-state index is 5.57. The van der Waals surface area contributed by atoms with Crippen molar-refractivity contribution in [1.29, 1.82) is 0 Å². The Labute approximate surface area is 138 Å². The lowest BCUT2D eigenvalue weighted by Gasteiger charge is -2.21. The van der Waals surface area contributed by atoms with Crippen molar-refractivity contribution in [2.24, 2.45) is 0 Å². The smallest absolute Gasteiger partial charge is 0.173 e. The minimum absolute atomic E-state index is 0.582. The topological polar surface area (TPSA) is 15.3 Å². The van der Waals surface area contributed by atoms with Crippen LogP contribution < -0.4 is 5.32 Å². The summed E-state index contributed by atoms with van der Waals surface area (Å²) >= 11 is 5.57. The maximum Gasteiger partial charge on any atom is 0.173 e. The summed E-state index contributed by atoms with van der Waals surface area (Å²) in [6.45, 7) is 6.25. The number of nitrogens with one attached hydrogen (secondary N) is 1. The maximum atomic E-state index is 5.57. The highest BCUT2D eigenvalue weighted by molar-refractivity contribution is 7.80. The number of hydrogen-bond donors (Lipinski definition) is 1. The Kier molecular flexibility index (Phi) is 4.44. The van der Waals surface area contributed by atoms with E-state index in [0.29, 0.717) is 5.92 Å². The van der Waals surface area contributed by atoms with Crippen LogP contribution in [0.25, 0.3) is 0 Å². The molecule has 22 heavy (non-hydrogen) atoms. The van der Waals surface area contributed by atoms with Gasteiger partial charge in [0.05, 0.1) is 0 Å².